The molecule has 0 nitrogen and oxygen atoms in total. The Kier molecular flexibility index (Phi) is 1.98. The van der Waals surface area contributed by atoms with Crippen LogP contribution in [0.4, 0.5) is 0 Å². The van der Waals surface area contributed by atoms with Crippen molar-refractivity contribution in [2.24, 2.45) is 5.92 Å². The fraction of sp³-hybridized carbons (Fsp3) is 0.600. The Balaban J connectivity index is 2.88. The molecule has 0 heteroatoms. The van der Waals surface area contributed by atoms with E-state index in [1.807, 2.05) is 0 Å². The highest BCUT2D eigenvalue weighted by Crippen LogP contribution is 2.31. The minimum Gasteiger partial charge on any atom is -0.0953 e. The summed E-state index contributed by atoms with van der Waals surface area (Å²) in [5, 5.41) is 0. The molecule has 0 aromatic carbocycles. The summed E-state index contributed by atoms with van der Waals surface area (Å²) in [4.78, 5) is 0. The predicted molar refractivity (Wildman–Crippen MR) is 45.9 cm³/mol. The lowest BCUT2D eigenvalue weighted by atomic mass is 9.83. The lowest BCUT2D eigenvalue weighted by molar-refractivity contribution is 0.590. The number of rotatable bonds is 0. The van der Waals surface area contributed by atoms with Gasteiger partial charge in [-0.05, 0) is 43.8 Å². The number of allylic oxidation sites excluding steroid dienone is 3. The Labute approximate surface area is 63.6 Å². The van der Waals surface area contributed by atoms with Crippen LogP contribution in [0.5, 0.6) is 0 Å². The fourth-order valence-corrected chi connectivity index (χ4v) is 1.44. The molecule has 0 amide bonds. The van der Waals surface area contributed by atoms with Gasteiger partial charge in [-0.1, -0.05) is 19.1 Å². The van der Waals surface area contributed by atoms with Crippen molar-refractivity contribution in [1.82, 2.24) is 0 Å². The maximum atomic E-state index is 4.07. The third-order valence-corrected chi connectivity index (χ3v) is 2.67. The van der Waals surface area contributed by atoms with Crippen LogP contribution in [-0.4, -0.2) is 0 Å². The lowest BCUT2D eigenvalue weighted by Crippen LogP contribution is -2.07. The van der Waals surface area contributed by atoms with Crippen LogP contribution in [0.2, 0.25) is 0 Å². The van der Waals surface area contributed by atoms with E-state index in [9.17, 15) is 0 Å². The van der Waals surface area contributed by atoms with Crippen molar-refractivity contribution in [3.63, 3.8) is 0 Å². The Morgan fingerprint density at radius 1 is 1.40 bits per heavy atom. The molecule has 0 heterocycles. The van der Waals surface area contributed by atoms with Gasteiger partial charge >= 0.3 is 0 Å². The van der Waals surface area contributed by atoms with E-state index in [4.69, 9.17) is 0 Å². The number of hydrogen-bond acceptors (Lipinski definition) is 0. The first-order valence-electron chi connectivity index (χ1n) is 3.98. The zero-order chi connectivity index (χ0) is 7.72. The van der Waals surface area contributed by atoms with Crippen LogP contribution in [0.25, 0.3) is 0 Å². The molecule has 1 rings (SSSR count). The summed E-state index contributed by atoms with van der Waals surface area (Å²) < 4.78 is 0. The maximum Gasteiger partial charge on any atom is -0.0191 e. The molecule has 0 saturated heterocycles. The van der Waals surface area contributed by atoms with Gasteiger partial charge in [0.1, 0.15) is 0 Å². The van der Waals surface area contributed by atoms with E-state index in [0.29, 0.717) is 5.92 Å². The second-order valence-electron chi connectivity index (χ2n) is 3.37. The Hall–Kier alpha value is -0.520. The molecule has 56 valence electrons. The van der Waals surface area contributed by atoms with Crippen molar-refractivity contribution in [3.8, 4) is 0 Å². The maximum absolute atomic E-state index is 4.07. The van der Waals surface area contributed by atoms with E-state index in [1.54, 1.807) is 0 Å². The minimum atomic E-state index is 0.712. The van der Waals surface area contributed by atoms with Crippen LogP contribution in [0, 0.1) is 5.92 Å². The summed E-state index contributed by atoms with van der Waals surface area (Å²) in [5.41, 5.74) is 4.32. The molecule has 0 radical (unpaired) electrons. The molecule has 0 aromatic rings. The Morgan fingerprint density at radius 2 is 2.00 bits per heavy atom. The SMILES string of the molecule is C=C1C(C)=C(C)CCC1C. The first kappa shape index (κ1) is 7.59. The summed E-state index contributed by atoms with van der Waals surface area (Å²) in [7, 11) is 0. The topological polar surface area (TPSA) is 0 Å². The second kappa shape index (κ2) is 2.61. The van der Waals surface area contributed by atoms with Crippen molar-refractivity contribution < 1.29 is 0 Å². The molecule has 0 bridgehead atoms. The molecule has 1 unspecified atom stereocenters. The molecule has 0 N–H and O–H groups in total. The van der Waals surface area contributed by atoms with E-state index in [1.165, 1.54) is 29.6 Å². The van der Waals surface area contributed by atoms with Gasteiger partial charge in [-0.25, -0.2) is 0 Å². The molecule has 0 spiro atoms. The summed E-state index contributed by atoms with van der Waals surface area (Å²) in [6.45, 7) is 10.7. The average Bonchev–Trinajstić information content (AvgIpc) is 1.93. The molecule has 1 aliphatic carbocycles. The normalized spacial score (nSPS) is 27.5. The largest absolute Gasteiger partial charge is 0.0953 e. The van der Waals surface area contributed by atoms with Gasteiger partial charge in [-0.2, -0.15) is 0 Å². The predicted octanol–water partition coefficient (Wildman–Crippen LogP) is 3.31. The zero-order valence-electron chi connectivity index (χ0n) is 7.20. The monoisotopic (exact) mass is 136 g/mol. The summed E-state index contributed by atoms with van der Waals surface area (Å²) in [6.07, 6.45) is 2.56. The molecule has 10 heavy (non-hydrogen) atoms. The van der Waals surface area contributed by atoms with Crippen molar-refractivity contribution in [2.75, 3.05) is 0 Å². The highest BCUT2D eigenvalue weighted by molar-refractivity contribution is 5.34. The van der Waals surface area contributed by atoms with Crippen LogP contribution in [0.3, 0.4) is 0 Å². The summed E-state index contributed by atoms with van der Waals surface area (Å²) in [5.74, 6) is 0.712. The van der Waals surface area contributed by atoms with Gasteiger partial charge < -0.3 is 0 Å². The van der Waals surface area contributed by atoms with Crippen molar-refractivity contribution in [3.05, 3.63) is 23.3 Å². The van der Waals surface area contributed by atoms with Gasteiger partial charge in [-0.15, -0.1) is 0 Å². The van der Waals surface area contributed by atoms with Crippen LogP contribution in [0.15, 0.2) is 23.3 Å². The van der Waals surface area contributed by atoms with Crippen molar-refractivity contribution in [1.29, 1.82) is 0 Å². The quantitative estimate of drug-likeness (QED) is 0.479. The van der Waals surface area contributed by atoms with E-state index >= 15 is 0 Å². The van der Waals surface area contributed by atoms with Gasteiger partial charge in [0.15, 0.2) is 0 Å². The molecule has 0 fully saturated rings. The first-order valence-corrected chi connectivity index (χ1v) is 3.98. The van der Waals surface area contributed by atoms with Gasteiger partial charge in [0.2, 0.25) is 0 Å². The van der Waals surface area contributed by atoms with E-state index in [0.717, 1.165) is 0 Å². The van der Waals surface area contributed by atoms with E-state index < -0.39 is 0 Å². The molecule has 0 aliphatic heterocycles. The highest BCUT2D eigenvalue weighted by atomic mass is 14.2. The smallest absolute Gasteiger partial charge is 0.0191 e. The molecule has 1 atom stereocenters. The minimum absolute atomic E-state index is 0.712. The molecule has 0 aromatic heterocycles. The lowest BCUT2D eigenvalue weighted by Gasteiger charge is -2.23. The van der Waals surface area contributed by atoms with Crippen molar-refractivity contribution in [2.45, 2.75) is 33.6 Å². The highest BCUT2D eigenvalue weighted by Gasteiger charge is 2.15. The van der Waals surface area contributed by atoms with Gasteiger partial charge in [0.05, 0.1) is 0 Å². The van der Waals surface area contributed by atoms with Gasteiger partial charge in [-0.3, -0.25) is 0 Å². The van der Waals surface area contributed by atoms with E-state index in [-0.39, 0.29) is 0 Å². The van der Waals surface area contributed by atoms with E-state index in [2.05, 4.69) is 27.4 Å². The fourth-order valence-electron chi connectivity index (χ4n) is 1.44. The van der Waals surface area contributed by atoms with Crippen LogP contribution < -0.4 is 0 Å². The van der Waals surface area contributed by atoms with Gasteiger partial charge in [0, 0.05) is 0 Å². The number of hydrogen-bond donors (Lipinski definition) is 0. The first-order chi connectivity index (χ1) is 4.63. The molecular formula is C10H16. The zero-order valence-corrected chi connectivity index (χ0v) is 7.20. The molecule has 0 saturated carbocycles. The van der Waals surface area contributed by atoms with Crippen molar-refractivity contribution >= 4 is 0 Å². The third-order valence-electron chi connectivity index (χ3n) is 2.67. The van der Waals surface area contributed by atoms with Crippen LogP contribution in [-0.2, 0) is 0 Å². The summed E-state index contributed by atoms with van der Waals surface area (Å²) >= 11 is 0. The van der Waals surface area contributed by atoms with Crippen LogP contribution >= 0.6 is 0 Å². The molecule has 1 aliphatic rings. The molecular weight excluding hydrogens is 120 g/mol. The summed E-state index contributed by atoms with van der Waals surface area (Å²) in [6, 6.07) is 0. The standard InChI is InChI=1S/C10H16/c1-7-5-6-8(2)10(4)9(7)3/h7H,3,5-6H2,1-2,4H3. The Morgan fingerprint density at radius 3 is 2.50 bits per heavy atom. The van der Waals surface area contributed by atoms with Gasteiger partial charge in [0.25, 0.3) is 0 Å². The Bertz CT molecular complexity index is 184. The third kappa shape index (κ3) is 1.16. The van der Waals surface area contributed by atoms with Crippen LogP contribution in [0.1, 0.15) is 33.6 Å². The second-order valence-corrected chi connectivity index (χ2v) is 3.37. The average molecular weight is 136 g/mol.